The maximum absolute atomic E-state index is 12.2. The number of anilines is 1. The van der Waals surface area contributed by atoms with Gasteiger partial charge in [0.25, 0.3) is 5.91 Å². The average molecular weight is 296 g/mol. The Hall–Kier alpha value is -1.59. The molecule has 0 spiro atoms. The fourth-order valence-electron chi connectivity index (χ4n) is 2.40. The van der Waals surface area contributed by atoms with Crippen molar-refractivity contribution in [1.82, 2.24) is 5.32 Å². The van der Waals surface area contributed by atoms with Crippen LogP contribution in [0.2, 0.25) is 5.02 Å². The van der Waals surface area contributed by atoms with Gasteiger partial charge in [-0.2, -0.15) is 0 Å². The molecule has 4 N–H and O–H groups in total. The first-order chi connectivity index (χ1) is 9.46. The van der Waals surface area contributed by atoms with Gasteiger partial charge in [0.1, 0.15) is 0 Å². The molecule has 0 aliphatic heterocycles. The summed E-state index contributed by atoms with van der Waals surface area (Å²) in [6, 6.07) is 4.78. The highest BCUT2D eigenvalue weighted by molar-refractivity contribution is 6.34. The highest BCUT2D eigenvalue weighted by Crippen LogP contribution is 2.29. The van der Waals surface area contributed by atoms with E-state index in [0.29, 0.717) is 29.1 Å². The molecule has 1 aromatic carbocycles. The predicted molar refractivity (Wildman–Crippen MR) is 78.9 cm³/mol. The molecule has 0 unspecified atom stereocenters. The smallest absolute Gasteiger partial charge is 0.252 e. The second-order valence-corrected chi connectivity index (χ2v) is 5.50. The summed E-state index contributed by atoms with van der Waals surface area (Å²) < 4.78 is 0. The molecule has 0 bridgehead atoms. The zero-order valence-corrected chi connectivity index (χ0v) is 12.1. The summed E-state index contributed by atoms with van der Waals surface area (Å²) in [4.78, 5) is 23.7. The van der Waals surface area contributed by atoms with E-state index in [1.54, 1.807) is 18.2 Å². The third-order valence-corrected chi connectivity index (χ3v) is 3.96. The summed E-state index contributed by atoms with van der Waals surface area (Å²) >= 11 is 6.04. The topological polar surface area (TPSA) is 84.2 Å². The Balaban J connectivity index is 2.12. The van der Waals surface area contributed by atoms with E-state index in [0.717, 1.165) is 12.8 Å². The Labute approximate surface area is 122 Å². The molecule has 1 fully saturated rings. The number of carbonyl (C=O) groups is 2. The van der Waals surface area contributed by atoms with E-state index in [1.165, 1.54) is 7.05 Å². The second kappa shape index (κ2) is 5.81. The Morgan fingerprint density at radius 1 is 1.30 bits per heavy atom. The first kappa shape index (κ1) is 14.8. The number of halogens is 1. The van der Waals surface area contributed by atoms with E-state index in [1.807, 2.05) is 0 Å². The SMILES string of the molecule is CNC(=O)c1ccc(NC(=O)C2(N)CCCC2)cc1Cl. The van der Waals surface area contributed by atoms with E-state index in [2.05, 4.69) is 10.6 Å². The van der Waals surface area contributed by atoms with Crippen molar-refractivity contribution in [2.75, 3.05) is 12.4 Å². The van der Waals surface area contributed by atoms with Crippen molar-refractivity contribution in [2.24, 2.45) is 5.73 Å². The molecule has 1 aliphatic carbocycles. The minimum absolute atomic E-state index is 0.196. The van der Waals surface area contributed by atoms with Gasteiger partial charge in [-0.25, -0.2) is 0 Å². The minimum atomic E-state index is -0.786. The molecule has 1 aromatic rings. The number of hydrogen-bond acceptors (Lipinski definition) is 3. The minimum Gasteiger partial charge on any atom is -0.355 e. The number of carbonyl (C=O) groups excluding carboxylic acids is 2. The van der Waals surface area contributed by atoms with Crippen molar-refractivity contribution < 1.29 is 9.59 Å². The van der Waals surface area contributed by atoms with Crippen LogP contribution in [-0.4, -0.2) is 24.4 Å². The first-order valence-corrected chi connectivity index (χ1v) is 6.96. The number of benzene rings is 1. The van der Waals surface area contributed by atoms with Gasteiger partial charge in [-0.15, -0.1) is 0 Å². The van der Waals surface area contributed by atoms with Crippen molar-refractivity contribution in [3.05, 3.63) is 28.8 Å². The molecule has 1 aliphatic rings. The third kappa shape index (κ3) is 2.94. The van der Waals surface area contributed by atoms with Crippen molar-refractivity contribution in [1.29, 1.82) is 0 Å². The summed E-state index contributed by atoms with van der Waals surface area (Å²) in [5.74, 6) is -0.460. The van der Waals surface area contributed by atoms with Gasteiger partial charge < -0.3 is 16.4 Å². The summed E-state index contributed by atoms with van der Waals surface area (Å²) in [5, 5.41) is 5.56. The number of nitrogens with one attached hydrogen (secondary N) is 2. The van der Waals surface area contributed by atoms with Crippen LogP contribution >= 0.6 is 11.6 Å². The van der Waals surface area contributed by atoms with E-state index >= 15 is 0 Å². The fraction of sp³-hybridized carbons (Fsp3) is 0.429. The molecule has 108 valence electrons. The van der Waals surface area contributed by atoms with Crippen molar-refractivity contribution >= 4 is 29.1 Å². The van der Waals surface area contributed by atoms with Crippen LogP contribution in [0.5, 0.6) is 0 Å². The zero-order chi connectivity index (χ0) is 14.8. The van der Waals surface area contributed by atoms with Gasteiger partial charge in [0.15, 0.2) is 0 Å². The molecule has 20 heavy (non-hydrogen) atoms. The van der Waals surface area contributed by atoms with Crippen LogP contribution in [-0.2, 0) is 4.79 Å². The van der Waals surface area contributed by atoms with Crippen LogP contribution in [0.3, 0.4) is 0 Å². The van der Waals surface area contributed by atoms with Crippen molar-refractivity contribution in [2.45, 2.75) is 31.2 Å². The summed E-state index contributed by atoms with van der Waals surface area (Å²) in [6.45, 7) is 0. The number of rotatable bonds is 3. The Morgan fingerprint density at radius 2 is 1.95 bits per heavy atom. The standard InChI is InChI=1S/C14H18ClN3O2/c1-17-12(19)10-5-4-9(8-11(10)15)18-13(20)14(16)6-2-3-7-14/h4-5,8H,2-3,6-7,16H2,1H3,(H,17,19)(H,18,20). The van der Waals surface area contributed by atoms with E-state index < -0.39 is 5.54 Å². The van der Waals surface area contributed by atoms with Crippen LogP contribution in [0.1, 0.15) is 36.0 Å². The molecular formula is C14H18ClN3O2. The number of nitrogens with two attached hydrogens (primary N) is 1. The first-order valence-electron chi connectivity index (χ1n) is 6.58. The highest BCUT2D eigenvalue weighted by atomic mass is 35.5. The Kier molecular flexibility index (Phi) is 4.30. The Bertz CT molecular complexity index is 539. The van der Waals surface area contributed by atoms with Crippen LogP contribution in [0.15, 0.2) is 18.2 Å². The lowest BCUT2D eigenvalue weighted by Crippen LogP contribution is -2.48. The number of hydrogen-bond donors (Lipinski definition) is 3. The fourth-order valence-corrected chi connectivity index (χ4v) is 2.67. The van der Waals surface area contributed by atoms with Gasteiger partial charge in [-0.3, -0.25) is 9.59 Å². The molecule has 2 amide bonds. The summed E-state index contributed by atoms with van der Waals surface area (Å²) in [6.07, 6.45) is 3.34. The lowest BCUT2D eigenvalue weighted by atomic mass is 9.98. The van der Waals surface area contributed by atoms with Gasteiger partial charge in [0.2, 0.25) is 5.91 Å². The molecular weight excluding hydrogens is 278 g/mol. The summed E-state index contributed by atoms with van der Waals surface area (Å²) in [5.41, 5.74) is 6.21. The molecule has 1 saturated carbocycles. The predicted octanol–water partition coefficient (Wildman–Crippen LogP) is 1.91. The molecule has 0 aromatic heterocycles. The lowest BCUT2D eigenvalue weighted by Gasteiger charge is -2.22. The van der Waals surface area contributed by atoms with Crippen molar-refractivity contribution in [3.8, 4) is 0 Å². The van der Waals surface area contributed by atoms with E-state index in [9.17, 15) is 9.59 Å². The molecule has 6 heteroatoms. The van der Waals surface area contributed by atoms with Gasteiger partial charge in [0.05, 0.1) is 16.1 Å². The largest absolute Gasteiger partial charge is 0.355 e. The van der Waals surface area contributed by atoms with Gasteiger partial charge >= 0.3 is 0 Å². The molecule has 2 rings (SSSR count). The van der Waals surface area contributed by atoms with E-state index in [4.69, 9.17) is 17.3 Å². The van der Waals surface area contributed by atoms with Crippen LogP contribution < -0.4 is 16.4 Å². The van der Waals surface area contributed by atoms with Gasteiger partial charge in [0, 0.05) is 12.7 Å². The number of amides is 2. The molecule has 5 nitrogen and oxygen atoms in total. The lowest BCUT2D eigenvalue weighted by molar-refractivity contribution is -0.121. The van der Waals surface area contributed by atoms with Crippen molar-refractivity contribution in [3.63, 3.8) is 0 Å². The Morgan fingerprint density at radius 3 is 2.50 bits per heavy atom. The molecule has 0 saturated heterocycles. The maximum atomic E-state index is 12.2. The van der Waals surface area contributed by atoms with Gasteiger partial charge in [-0.05, 0) is 31.0 Å². The molecule has 0 atom stereocenters. The van der Waals surface area contributed by atoms with Crippen LogP contribution in [0.25, 0.3) is 0 Å². The maximum Gasteiger partial charge on any atom is 0.252 e. The normalized spacial score (nSPS) is 16.8. The quantitative estimate of drug-likeness (QED) is 0.796. The molecule has 0 radical (unpaired) electrons. The average Bonchev–Trinajstić information content (AvgIpc) is 2.86. The summed E-state index contributed by atoms with van der Waals surface area (Å²) in [7, 11) is 1.53. The van der Waals surface area contributed by atoms with Crippen LogP contribution in [0.4, 0.5) is 5.69 Å². The molecule has 0 heterocycles. The monoisotopic (exact) mass is 295 g/mol. The van der Waals surface area contributed by atoms with Crippen LogP contribution in [0, 0.1) is 0 Å². The highest BCUT2D eigenvalue weighted by Gasteiger charge is 2.37. The van der Waals surface area contributed by atoms with E-state index in [-0.39, 0.29) is 11.8 Å². The third-order valence-electron chi connectivity index (χ3n) is 3.65. The second-order valence-electron chi connectivity index (χ2n) is 5.09. The van der Waals surface area contributed by atoms with Gasteiger partial charge in [-0.1, -0.05) is 24.4 Å². The zero-order valence-electron chi connectivity index (χ0n) is 11.3.